The molecule has 0 saturated carbocycles. The minimum Gasteiger partial charge on any atom is -0.480 e. The van der Waals surface area contributed by atoms with Crippen molar-refractivity contribution in [3.63, 3.8) is 0 Å². The SMILES string of the molecule is CC(=O)OCOC(=O)c1sc(-c2cccc(C3CCN(S(=O)(=O)Cc4ccccc4)CC3)c2)c(C)c1OCC(=O)OC(C)C. The van der Waals surface area contributed by atoms with Crippen LogP contribution in [0.1, 0.15) is 65.9 Å². The molecule has 44 heavy (non-hydrogen) atoms. The lowest BCUT2D eigenvalue weighted by molar-refractivity contribution is -0.150. The maximum Gasteiger partial charge on any atom is 0.355 e. The number of ether oxygens (including phenoxy) is 4. The molecule has 0 N–H and O–H groups in total. The van der Waals surface area contributed by atoms with Gasteiger partial charge in [0.15, 0.2) is 11.5 Å². The zero-order valence-electron chi connectivity index (χ0n) is 25.2. The topological polar surface area (TPSA) is 126 Å². The summed E-state index contributed by atoms with van der Waals surface area (Å²) >= 11 is 1.15. The van der Waals surface area contributed by atoms with Crippen molar-refractivity contribution in [2.24, 2.45) is 0 Å². The molecule has 12 heteroatoms. The number of piperidine rings is 1. The molecule has 1 saturated heterocycles. The van der Waals surface area contributed by atoms with Gasteiger partial charge in [-0.15, -0.1) is 11.3 Å². The molecule has 1 fully saturated rings. The van der Waals surface area contributed by atoms with Crippen LogP contribution in [0, 0.1) is 6.92 Å². The van der Waals surface area contributed by atoms with Gasteiger partial charge in [0.05, 0.1) is 11.9 Å². The largest absolute Gasteiger partial charge is 0.480 e. The van der Waals surface area contributed by atoms with E-state index in [4.69, 9.17) is 18.9 Å². The first-order valence-corrected chi connectivity index (χ1v) is 16.8. The third kappa shape index (κ3) is 8.67. The zero-order chi connectivity index (χ0) is 31.9. The van der Waals surface area contributed by atoms with E-state index in [0.717, 1.165) is 32.9 Å². The van der Waals surface area contributed by atoms with Crippen molar-refractivity contribution in [2.75, 3.05) is 26.5 Å². The third-order valence-electron chi connectivity index (χ3n) is 7.09. The monoisotopic (exact) mass is 643 g/mol. The Morgan fingerprint density at radius 3 is 2.36 bits per heavy atom. The first-order chi connectivity index (χ1) is 20.9. The Morgan fingerprint density at radius 2 is 1.70 bits per heavy atom. The molecule has 0 aliphatic carbocycles. The number of hydrogen-bond acceptors (Lipinski definition) is 10. The Hall–Kier alpha value is -3.74. The summed E-state index contributed by atoms with van der Waals surface area (Å²) in [4.78, 5) is 37.1. The zero-order valence-corrected chi connectivity index (χ0v) is 26.9. The summed E-state index contributed by atoms with van der Waals surface area (Å²) in [5.74, 6) is -1.58. The van der Waals surface area contributed by atoms with E-state index in [1.54, 1.807) is 25.1 Å². The molecule has 3 aromatic rings. The summed E-state index contributed by atoms with van der Waals surface area (Å²) < 4.78 is 48.5. The standard InChI is InChI=1S/C32H37NO9S2/c1-21(2)42-28(35)18-39-29-22(3)30(43-31(29)32(36)41-20-40-23(4)34)27-12-8-11-26(17-27)25-13-15-33(16-14-25)44(37,38)19-24-9-6-5-7-10-24/h5-12,17,21,25H,13-16,18-20H2,1-4H3. The number of esters is 3. The smallest absolute Gasteiger partial charge is 0.355 e. The van der Waals surface area contributed by atoms with E-state index in [2.05, 4.69) is 0 Å². The number of benzene rings is 2. The average Bonchev–Trinajstić information content (AvgIpc) is 3.32. The summed E-state index contributed by atoms with van der Waals surface area (Å²) in [6, 6.07) is 17.1. The average molecular weight is 644 g/mol. The van der Waals surface area contributed by atoms with Crippen LogP contribution in [0.3, 0.4) is 0 Å². The minimum absolute atomic E-state index is 0.0170. The maximum absolute atomic E-state index is 13.0. The van der Waals surface area contributed by atoms with Crippen LogP contribution in [0.2, 0.25) is 0 Å². The Kier molecular flexibility index (Phi) is 11.2. The van der Waals surface area contributed by atoms with Crippen molar-refractivity contribution >= 4 is 39.3 Å². The number of carbonyl (C=O) groups excluding carboxylic acids is 3. The number of carbonyl (C=O) groups is 3. The van der Waals surface area contributed by atoms with Gasteiger partial charge in [-0.3, -0.25) is 4.79 Å². The lowest BCUT2D eigenvalue weighted by Crippen LogP contribution is -2.38. The highest BCUT2D eigenvalue weighted by atomic mass is 32.2. The molecule has 236 valence electrons. The van der Waals surface area contributed by atoms with E-state index in [1.165, 1.54) is 6.92 Å². The molecule has 1 aliphatic rings. The fraction of sp³-hybridized carbons (Fsp3) is 0.406. The van der Waals surface area contributed by atoms with Gasteiger partial charge in [-0.05, 0) is 56.2 Å². The van der Waals surface area contributed by atoms with Gasteiger partial charge in [-0.2, -0.15) is 0 Å². The molecule has 0 spiro atoms. The lowest BCUT2D eigenvalue weighted by atomic mass is 9.89. The highest BCUT2D eigenvalue weighted by Crippen LogP contribution is 2.43. The molecule has 4 rings (SSSR count). The van der Waals surface area contributed by atoms with Gasteiger partial charge in [-0.25, -0.2) is 22.3 Å². The molecule has 1 aromatic heterocycles. The molecular weight excluding hydrogens is 606 g/mol. The summed E-state index contributed by atoms with van der Waals surface area (Å²) in [5, 5.41) is 0. The summed E-state index contributed by atoms with van der Waals surface area (Å²) in [6.45, 7) is 6.37. The second-order valence-electron chi connectivity index (χ2n) is 10.8. The number of thiophene rings is 1. The lowest BCUT2D eigenvalue weighted by Gasteiger charge is -2.31. The van der Waals surface area contributed by atoms with Crippen molar-refractivity contribution in [2.45, 2.75) is 58.3 Å². The second kappa shape index (κ2) is 14.8. The maximum atomic E-state index is 13.0. The van der Waals surface area contributed by atoms with Gasteiger partial charge in [0.1, 0.15) is 5.75 Å². The summed E-state index contributed by atoms with van der Waals surface area (Å²) in [5.41, 5.74) is 3.32. The molecule has 1 aliphatic heterocycles. The van der Waals surface area contributed by atoms with Gasteiger partial charge in [0, 0.05) is 30.5 Å². The van der Waals surface area contributed by atoms with E-state index in [0.29, 0.717) is 31.5 Å². The van der Waals surface area contributed by atoms with Crippen LogP contribution >= 0.6 is 11.3 Å². The van der Waals surface area contributed by atoms with Crippen molar-refractivity contribution in [1.29, 1.82) is 0 Å². The molecule has 0 unspecified atom stereocenters. The number of sulfonamides is 1. The van der Waals surface area contributed by atoms with Crippen LogP contribution in [0.4, 0.5) is 0 Å². The number of rotatable bonds is 12. The van der Waals surface area contributed by atoms with Crippen molar-refractivity contribution < 1.29 is 41.7 Å². The van der Waals surface area contributed by atoms with Gasteiger partial charge in [0.25, 0.3) is 0 Å². The van der Waals surface area contributed by atoms with Crippen LogP contribution in [-0.4, -0.2) is 63.2 Å². The quantitative estimate of drug-likeness (QED) is 0.187. The Labute approximate surface area is 261 Å². The van der Waals surface area contributed by atoms with Gasteiger partial charge >= 0.3 is 17.9 Å². The van der Waals surface area contributed by atoms with Crippen LogP contribution < -0.4 is 4.74 Å². The van der Waals surface area contributed by atoms with Gasteiger partial charge < -0.3 is 18.9 Å². The Morgan fingerprint density at radius 1 is 1.00 bits per heavy atom. The van der Waals surface area contributed by atoms with Gasteiger partial charge in [-0.1, -0.05) is 54.6 Å². The third-order valence-corrected chi connectivity index (χ3v) is 10.2. The fourth-order valence-corrected chi connectivity index (χ4v) is 7.72. The normalized spacial score (nSPS) is 14.3. The van der Waals surface area contributed by atoms with Crippen molar-refractivity contribution in [3.05, 3.63) is 76.2 Å². The minimum atomic E-state index is -3.42. The van der Waals surface area contributed by atoms with Gasteiger partial charge in [0.2, 0.25) is 16.8 Å². The number of hydrogen-bond donors (Lipinski definition) is 0. The molecule has 0 atom stereocenters. The van der Waals surface area contributed by atoms with Crippen LogP contribution in [0.15, 0.2) is 54.6 Å². The van der Waals surface area contributed by atoms with Crippen LogP contribution in [-0.2, 0) is 39.6 Å². The Bertz CT molecular complexity index is 1570. The van der Waals surface area contributed by atoms with E-state index in [-0.39, 0.29) is 28.4 Å². The highest BCUT2D eigenvalue weighted by molar-refractivity contribution is 7.88. The molecule has 0 amide bonds. The number of nitrogens with zero attached hydrogens (tertiary/aromatic N) is 1. The highest BCUT2D eigenvalue weighted by Gasteiger charge is 2.30. The first-order valence-electron chi connectivity index (χ1n) is 14.3. The van der Waals surface area contributed by atoms with E-state index in [1.807, 2.05) is 54.6 Å². The second-order valence-corrected chi connectivity index (χ2v) is 13.8. The van der Waals surface area contributed by atoms with E-state index < -0.39 is 41.3 Å². The van der Waals surface area contributed by atoms with Crippen molar-refractivity contribution in [3.8, 4) is 16.2 Å². The van der Waals surface area contributed by atoms with E-state index in [9.17, 15) is 22.8 Å². The molecule has 2 heterocycles. The van der Waals surface area contributed by atoms with Crippen molar-refractivity contribution in [1.82, 2.24) is 4.31 Å². The molecular formula is C32H37NO9S2. The molecule has 0 bridgehead atoms. The fourth-order valence-electron chi connectivity index (χ4n) is 5.02. The summed E-state index contributed by atoms with van der Waals surface area (Å²) in [6.07, 6.45) is 1.04. The summed E-state index contributed by atoms with van der Waals surface area (Å²) in [7, 11) is -3.42. The first kappa shape index (κ1) is 33.2. The van der Waals surface area contributed by atoms with E-state index >= 15 is 0 Å². The predicted molar refractivity (Wildman–Crippen MR) is 166 cm³/mol. The van der Waals surface area contributed by atoms with Crippen LogP contribution in [0.5, 0.6) is 5.75 Å². The van der Waals surface area contributed by atoms with Crippen LogP contribution in [0.25, 0.3) is 10.4 Å². The molecule has 0 radical (unpaired) electrons. The molecule has 10 nitrogen and oxygen atoms in total. The molecule has 2 aromatic carbocycles. The predicted octanol–water partition coefficient (Wildman–Crippen LogP) is 5.44. The Balaban J connectivity index is 1.52.